The Morgan fingerprint density at radius 2 is 1.45 bits per heavy atom. The molecule has 1 aromatic carbocycles. The lowest BCUT2D eigenvalue weighted by Crippen LogP contribution is -2.45. The van der Waals surface area contributed by atoms with Gasteiger partial charge in [-0.25, -0.2) is 4.99 Å². The van der Waals surface area contributed by atoms with Crippen molar-refractivity contribution in [2.24, 2.45) is 4.99 Å². The van der Waals surface area contributed by atoms with Gasteiger partial charge in [0.05, 0.1) is 5.54 Å². The number of rotatable bonds is 1. The Hall–Kier alpha value is -1.51. The molecular weight excluding hydrogens is 246 g/mol. The van der Waals surface area contributed by atoms with Crippen molar-refractivity contribution in [3.8, 4) is 0 Å². The van der Waals surface area contributed by atoms with Crippen LogP contribution in [0.5, 0.6) is 0 Å². The Bertz CT molecular complexity index is 468. The molecule has 0 aliphatic carbocycles. The van der Waals surface area contributed by atoms with Crippen molar-refractivity contribution in [2.45, 2.75) is 66.5 Å². The molecule has 0 saturated carbocycles. The van der Waals surface area contributed by atoms with Crippen molar-refractivity contribution in [3.63, 3.8) is 0 Å². The van der Waals surface area contributed by atoms with Crippen LogP contribution in [0.3, 0.4) is 0 Å². The first kappa shape index (κ1) is 16.5. The molecule has 0 atom stereocenters. The van der Waals surface area contributed by atoms with E-state index in [0.29, 0.717) is 0 Å². The first-order chi connectivity index (χ1) is 8.98. The van der Waals surface area contributed by atoms with Crippen LogP contribution in [-0.4, -0.2) is 17.0 Å². The number of anilines is 1. The average Bonchev–Trinajstić information content (AvgIpc) is 2.18. The third-order valence-electron chi connectivity index (χ3n) is 2.67. The minimum atomic E-state index is -0.128. The predicted octanol–water partition coefficient (Wildman–Crippen LogP) is 4.26. The second kappa shape index (κ2) is 5.86. The predicted molar refractivity (Wildman–Crippen MR) is 89.6 cm³/mol. The molecule has 0 bridgehead atoms. The van der Waals surface area contributed by atoms with Crippen molar-refractivity contribution in [2.75, 3.05) is 5.32 Å². The van der Waals surface area contributed by atoms with Crippen molar-refractivity contribution in [3.05, 3.63) is 29.3 Å². The van der Waals surface area contributed by atoms with Gasteiger partial charge < -0.3 is 10.6 Å². The van der Waals surface area contributed by atoms with Gasteiger partial charge in [0.2, 0.25) is 0 Å². The largest absolute Gasteiger partial charge is 0.352 e. The van der Waals surface area contributed by atoms with Crippen molar-refractivity contribution in [1.82, 2.24) is 5.32 Å². The zero-order valence-electron chi connectivity index (χ0n) is 14.2. The zero-order chi connectivity index (χ0) is 15.6. The highest BCUT2D eigenvalue weighted by Gasteiger charge is 2.17. The van der Waals surface area contributed by atoms with E-state index < -0.39 is 0 Å². The highest BCUT2D eigenvalue weighted by Crippen LogP contribution is 2.20. The normalized spacial score (nSPS) is 13.3. The van der Waals surface area contributed by atoms with Crippen molar-refractivity contribution in [1.29, 1.82) is 0 Å². The number of nitrogens with one attached hydrogen (secondary N) is 2. The van der Waals surface area contributed by atoms with E-state index in [-0.39, 0.29) is 11.1 Å². The topological polar surface area (TPSA) is 36.4 Å². The maximum absolute atomic E-state index is 4.77. The molecule has 20 heavy (non-hydrogen) atoms. The van der Waals surface area contributed by atoms with Crippen LogP contribution < -0.4 is 10.6 Å². The molecule has 3 nitrogen and oxygen atoms in total. The molecule has 0 spiro atoms. The van der Waals surface area contributed by atoms with Crippen LogP contribution in [0.15, 0.2) is 23.2 Å². The first-order valence-corrected chi connectivity index (χ1v) is 7.19. The number of hydrogen-bond donors (Lipinski definition) is 2. The lowest BCUT2D eigenvalue weighted by Gasteiger charge is -2.27. The fourth-order valence-electron chi connectivity index (χ4n) is 1.91. The quantitative estimate of drug-likeness (QED) is 0.593. The van der Waals surface area contributed by atoms with Gasteiger partial charge in [-0.05, 0) is 66.5 Å². The highest BCUT2D eigenvalue weighted by molar-refractivity contribution is 5.95. The van der Waals surface area contributed by atoms with E-state index >= 15 is 0 Å². The van der Waals surface area contributed by atoms with Crippen LogP contribution >= 0.6 is 0 Å². The van der Waals surface area contributed by atoms with Crippen LogP contribution in [-0.2, 0) is 0 Å². The second-order valence-electron chi connectivity index (χ2n) is 7.40. The summed E-state index contributed by atoms with van der Waals surface area (Å²) in [5.74, 6) is 0.822. The Kier molecular flexibility index (Phi) is 4.85. The molecular formula is C17H29N3. The van der Waals surface area contributed by atoms with E-state index in [4.69, 9.17) is 4.99 Å². The Labute approximate surface area is 123 Å². The molecule has 3 heteroatoms. The standard InChI is InChI=1S/C17H29N3/c1-12-10-9-11-13(2)14(12)18-15(19-16(3,4)5)20-17(6,7)8/h9-11H,1-8H3,(H2,18,19,20). The number of guanidine groups is 1. The van der Waals surface area contributed by atoms with Gasteiger partial charge in [-0.3, -0.25) is 0 Å². The Morgan fingerprint density at radius 1 is 0.950 bits per heavy atom. The molecule has 0 amide bonds. The Morgan fingerprint density at radius 3 is 1.85 bits per heavy atom. The molecule has 2 N–H and O–H groups in total. The molecule has 0 unspecified atom stereocenters. The monoisotopic (exact) mass is 275 g/mol. The molecule has 0 aliphatic heterocycles. The summed E-state index contributed by atoms with van der Waals surface area (Å²) in [5.41, 5.74) is 3.42. The number of para-hydroxylation sites is 1. The number of aryl methyl sites for hydroxylation is 2. The van der Waals surface area contributed by atoms with E-state index in [1.807, 2.05) is 0 Å². The highest BCUT2D eigenvalue weighted by atomic mass is 15.2. The number of hydrogen-bond acceptors (Lipinski definition) is 1. The third kappa shape index (κ3) is 5.64. The van der Waals surface area contributed by atoms with Gasteiger partial charge in [0.1, 0.15) is 0 Å². The molecule has 0 fully saturated rings. The van der Waals surface area contributed by atoms with Crippen molar-refractivity contribution >= 4 is 11.6 Å². The molecule has 0 aliphatic rings. The number of nitrogens with zero attached hydrogens (tertiary/aromatic N) is 1. The summed E-state index contributed by atoms with van der Waals surface area (Å²) < 4.78 is 0. The van der Waals surface area contributed by atoms with Crippen molar-refractivity contribution < 1.29 is 0 Å². The van der Waals surface area contributed by atoms with Gasteiger partial charge in [-0.1, -0.05) is 18.2 Å². The van der Waals surface area contributed by atoms with Gasteiger partial charge in [0.15, 0.2) is 5.96 Å². The lowest BCUT2D eigenvalue weighted by atomic mass is 10.1. The zero-order valence-corrected chi connectivity index (χ0v) is 14.2. The number of aliphatic imine (C=N–C) groups is 1. The van der Waals surface area contributed by atoms with E-state index in [2.05, 4.69) is 84.2 Å². The summed E-state index contributed by atoms with van der Waals surface area (Å²) in [5, 5.41) is 6.92. The second-order valence-corrected chi connectivity index (χ2v) is 7.40. The van der Waals surface area contributed by atoms with E-state index in [1.54, 1.807) is 0 Å². The molecule has 112 valence electrons. The maximum atomic E-state index is 4.77. The summed E-state index contributed by atoms with van der Waals surface area (Å²) in [6.45, 7) is 16.9. The molecule has 0 radical (unpaired) electrons. The average molecular weight is 275 g/mol. The summed E-state index contributed by atoms with van der Waals surface area (Å²) in [4.78, 5) is 4.77. The van der Waals surface area contributed by atoms with E-state index in [1.165, 1.54) is 11.1 Å². The van der Waals surface area contributed by atoms with Crippen LogP contribution in [0.4, 0.5) is 5.69 Å². The maximum Gasteiger partial charge on any atom is 0.196 e. The summed E-state index contributed by atoms with van der Waals surface area (Å²) in [7, 11) is 0. The van der Waals surface area contributed by atoms with Crippen LogP contribution in [0.2, 0.25) is 0 Å². The fourth-order valence-corrected chi connectivity index (χ4v) is 1.91. The summed E-state index contributed by atoms with van der Waals surface area (Å²) in [6, 6.07) is 6.30. The summed E-state index contributed by atoms with van der Waals surface area (Å²) in [6.07, 6.45) is 0. The van der Waals surface area contributed by atoms with E-state index in [9.17, 15) is 0 Å². The minimum absolute atomic E-state index is 0.0341. The molecule has 1 rings (SSSR count). The first-order valence-electron chi connectivity index (χ1n) is 7.19. The lowest BCUT2D eigenvalue weighted by molar-refractivity contribution is 0.501. The SMILES string of the molecule is Cc1cccc(C)c1NC(=NC(C)(C)C)NC(C)(C)C. The minimum Gasteiger partial charge on any atom is -0.352 e. The Balaban J connectivity index is 3.11. The molecule has 0 heterocycles. The van der Waals surface area contributed by atoms with Crippen LogP contribution in [0, 0.1) is 13.8 Å². The molecule has 0 aromatic heterocycles. The number of benzene rings is 1. The van der Waals surface area contributed by atoms with Gasteiger partial charge in [-0.2, -0.15) is 0 Å². The fraction of sp³-hybridized carbons (Fsp3) is 0.588. The summed E-state index contributed by atoms with van der Waals surface area (Å²) >= 11 is 0. The smallest absolute Gasteiger partial charge is 0.196 e. The van der Waals surface area contributed by atoms with Gasteiger partial charge in [0.25, 0.3) is 0 Å². The third-order valence-corrected chi connectivity index (χ3v) is 2.67. The van der Waals surface area contributed by atoms with Crippen LogP contribution in [0.1, 0.15) is 52.7 Å². The van der Waals surface area contributed by atoms with E-state index in [0.717, 1.165) is 11.6 Å². The molecule has 0 saturated heterocycles. The van der Waals surface area contributed by atoms with Gasteiger partial charge in [-0.15, -0.1) is 0 Å². The van der Waals surface area contributed by atoms with Gasteiger partial charge >= 0.3 is 0 Å². The molecule has 1 aromatic rings. The van der Waals surface area contributed by atoms with Crippen LogP contribution in [0.25, 0.3) is 0 Å². The van der Waals surface area contributed by atoms with Gasteiger partial charge in [0, 0.05) is 11.2 Å².